The molecule has 0 saturated carbocycles. The molecule has 0 bridgehead atoms. The molecule has 1 aliphatic rings. The van der Waals surface area contributed by atoms with Gasteiger partial charge in [-0.25, -0.2) is 13.6 Å². The summed E-state index contributed by atoms with van der Waals surface area (Å²) in [6.45, 7) is -0.0299. The molecule has 0 radical (unpaired) electrons. The number of halogens is 3. The number of carboxylic acids is 1. The summed E-state index contributed by atoms with van der Waals surface area (Å²) < 4.78 is 34.0. The first-order chi connectivity index (χ1) is 14.9. The maximum absolute atomic E-state index is 14.0. The summed E-state index contributed by atoms with van der Waals surface area (Å²) in [5.74, 6) is -1.65. The normalized spacial score (nSPS) is 13.5. The van der Waals surface area contributed by atoms with E-state index in [-0.39, 0.29) is 17.7 Å². The molecule has 0 aromatic heterocycles. The molecule has 0 atom stereocenters. The minimum absolute atomic E-state index is 0.0299. The van der Waals surface area contributed by atoms with Crippen LogP contribution in [0.5, 0.6) is 5.75 Å². The number of aromatic carboxylic acids is 1. The van der Waals surface area contributed by atoms with Crippen molar-refractivity contribution in [2.24, 2.45) is 0 Å². The molecule has 0 spiro atoms. The molecule has 1 aliphatic carbocycles. The lowest BCUT2D eigenvalue weighted by atomic mass is 9.95. The Morgan fingerprint density at radius 3 is 2.58 bits per heavy atom. The Morgan fingerprint density at radius 1 is 1.00 bits per heavy atom. The SMILES string of the molecule is O=C(O)c1cccc(C2=C(c3cc(Br)ccc3OCc3ccc(F)cc3F)CCC2)c1. The van der Waals surface area contributed by atoms with Gasteiger partial charge in [0.15, 0.2) is 0 Å². The Balaban J connectivity index is 1.71. The van der Waals surface area contributed by atoms with Crippen LogP contribution in [0.4, 0.5) is 8.78 Å². The van der Waals surface area contributed by atoms with E-state index in [0.717, 1.165) is 52.1 Å². The van der Waals surface area contributed by atoms with Gasteiger partial charge in [-0.3, -0.25) is 0 Å². The first-order valence-corrected chi connectivity index (χ1v) is 10.6. The van der Waals surface area contributed by atoms with Crippen LogP contribution >= 0.6 is 15.9 Å². The number of allylic oxidation sites excluding steroid dienone is 2. The quantitative estimate of drug-likeness (QED) is 0.405. The monoisotopic (exact) mass is 484 g/mol. The van der Waals surface area contributed by atoms with Crippen molar-refractivity contribution in [2.45, 2.75) is 25.9 Å². The number of benzene rings is 3. The topological polar surface area (TPSA) is 46.5 Å². The van der Waals surface area contributed by atoms with Crippen molar-refractivity contribution in [1.82, 2.24) is 0 Å². The predicted octanol–water partition coefficient (Wildman–Crippen LogP) is 7.10. The molecule has 0 heterocycles. The molecule has 6 heteroatoms. The van der Waals surface area contributed by atoms with E-state index < -0.39 is 17.6 Å². The van der Waals surface area contributed by atoms with Gasteiger partial charge in [-0.1, -0.05) is 28.1 Å². The molecule has 0 amide bonds. The molecule has 0 saturated heterocycles. The first kappa shape index (κ1) is 21.2. The van der Waals surface area contributed by atoms with Gasteiger partial charge in [0.05, 0.1) is 5.56 Å². The standard InChI is InChI=1S/C25H19BrF2O3/c26-18-8-10-24(31-14-17-7-9-19(27)13-23(17)28)22(12-18)21-6-2-5-20(21)15-3-1-4-16(11-15)25(29)30/h1,3-4,7-13H,2,5-6,14H2,(H,29,30). The van der Waals surface area contributed by atoms with E-state index in [1.54, 1.807) is 18.2 Å². The Kier molecular flexibility index (Phi) is 6.18. The summed E-state index contributed by atoms with van der Waals surface area (Å²) in [4.78, 5) is 11.4. The van der Waals surface area contributed by atoms with Crippen LogP contribution in [0, 0.1) is 11.6 Å². The Hall–Kier alpha value is -2.99. The van der Waals surface area contributed by atoms with Crippen LogP contribution in [0.2, 0.25) is 0 Å². The lowest BCUT2D eigenvalue weighted by Crippen LogP contribution is -2.01. The van der Waals surface area contributed by atoms with Gasteiger partial charge < -0.3 is 9.84 Å². The lowest BCUT2D eigenvalue weighted by molar-refractivity contribution is 0.0697. The van der Waals surface area contributed by atoms with Gasteiger partial charge in [-0.15, -0.1) is 0 Å². The van der Waals surface area contributed by atoms with E-state index in [2.05, 4.69) is 15.9 Å². The van der Waals surface area contributed by atoms with Gasteiger partial charge in [0.25, 0.3) is 0 Å². The van der Waals surface area contributed by atoms with Crippen LogP contribution in [0.3, 0.4) is 0 Å². The summed E-state index contributed by atoms with van der Waals surface area (Å²) in [6.07, 6.45) is 2.60. The van der Waals surface area contributed by atoms with Gasteiger partial charge in [-0.2, -0.15) is 0 Å². The fourth-order valence-electron chi connectivity index (χ4n) is 3.86. The third-order valence-electron chi connectivity index (χ3n) is 5.34. The van der Waals surface area contributed by atoms with Crippen molar-refractivity contribution < 1.29 is 23.4 Å². The van der Waals surface area contributed by atoms with Crippen LogP contribution in [0.25, 0.3) is 11.1 Å². The van der Waals surface area contributed by atoms with E-state index in [0.29, 0.717) is 5.75 Å². The van der Waals surface area contributed by atoms with Crippen LogP contribution < -0.4 is 4.74 Å². The van der Waals surface area contributed by atoms with Crippen molar-refractivity contribution in [2.75, 3.05) is 0 Å². The van der Waals surface area contributed by atoms with Crippen LogP contribution in [0.15, 0.2) is 65.1 Å². The highest BCUT2D eigenvalue weighted by molar-refractivity contribution is 9.10. The van der Waals surface area contributed by atoms with Crippen molar-refractivity contribution >= 4 is 33.0 Å². The van der Waals surface area contributed by atoms with Crippen molar-refractivity contribution in [3.05, 3.63) is 99.0 Å². The van der Waals surface area contributed by atoms with Crippen molar-refractivity contribution in [3.63, 3.8) is 0 Å². The summed E-state index contributed by atoms with van der Waals surface area (Å²) >= 11 is 3.51. The van der Waals surface area contributed by atoms with Gasteiger partial charge in [0.1, 0.15) is 24.0 Å². The molecule has 158 valence electrons. The molecule has 0 aliphatic heterocycles. The maximum Gasteiger partial charge on any atom is 0.335 e. The fourth-order valence-corrected chi connectivity index (χ4v) is 4.22. The molecule has 3 aromatic rings. The first-order valence-electron chi connectivity index (χ1n) is 9.85. The Labute approximate surface area is 187 Å². The number of carbonyl (C=O) groups is 1. The van der Waals surface area contributed by atoms with Crippen molar-refractivity contribution in [3.8, 4) is 5.75 Å². The van der Waals surface area contributed by atoms with Gasteiger partial charge in [0, 0.05) is 21.7 Å². The summed E-state index contributed by atoms with van der Waals surface area (Å²) in [5, 5.41) is 9.34. The van der Waals surface area contributed by atoms with Crippen LogP contribution in [-0.4, -0.2) is 11.1 Å². The van der Waals surface area contributed by atoms with E-state index in [9.17, 15) is 18.7 Å². The highest BCUT2D eigenvalue weighted by Crippen LogP contribution is 2.43. The molecular formula is C25H19BrF2O3. The zero-order valence-electron chi connectivity index (χ0n) is 16.5. The number of rotatable bonds is 6. The molecule has 0 fully saturated rings. The molecule has 1 N–H and O–H groups in total. The van der Waals surface area contributed by atoms with Gasteiger partial charge in [-0.05, 0) is 78.4 Å². The van der Waals surface area contributed by atoms with Crippen LogP contribution in [-0.2, 0) is 6.61 Å². The number of ether oxygens (including phenoxy) is 1. The summed E-state index contributed by atoms with van der Waals surface area (Å²) in [7, 11) is 0. The van der Waals surface area contributed by atoms with Crippen molar-refractivity contribution in [1.29, 1.82) is 0 Å². The fraction of sp³-hybridized carbons (Fsp3) is 0.160. The molecule has 3 aromatic carbocycles. The maximum atomic E-state index is 14.0. The molecular weight excluding hydrogens is 466 g/mol. The zero-order chi connectivity index (χ0) is 22.0. The third-order valence-corrected chi connectivity index (χ3v) is 5.83. The molecule has 31 heavy (non-hydrogen) atoms. The third kappa shape index (κ3) is 4.69. The Morgan fingerprint density at radius 2 is 1.81 bits per heavy atom. The van der Waals surface area contributed by atoms with E-state index in [1.807, 2.05) is 24.3 Å². The number of hydrogen-bond donors (Lipinski definition) is 1. The molecule has 0 unspecified atom stereocenters. The predicted molar refractivity (Wildman–Crippen MR) is 119 cm³/mol. The smallest absolute Gasteiger partial charge is 0.335 e. The minimum Gasteiger partial charge on any atom is -0.488 e. The summed E-state index contributed by atoms with van der Waals surface area (Å²) in [5.41, 5.74) is 4.43. The van der Waals surface area contributed by atoms with Crippen LogP contribution in [0.1, 0.15) is 46.3 Å². The number of hydrogen-bond acceptors (Lipinski definition) is 2. The number of carboxylic acid groups (broad SMARTS) is 1. The van der Waals surface area contributed by atoms with Gasteiger partial charge in [0.2, 0.25) is 0 Å². The highest BCUT2D eigenvalue weighted by atomic mass is 79.9. The highest BCUT2D eigenvalue weighted by Gasteiger charge is 2.22. The second-order valence-corrected chi connectivity index (χ2v) is 8.28. The van der Waals surface area contributed by atoms with Gasteiger partial charge >= 0.3 is 5.97 Å². The largest absolute Gasteiger partial charge is 0.488 e. The zero-order valence-corrected chi connectivity index (χ0v) is 18.1. The lowest BCUT2D eigenvalue weighted by Gasteiger charge is -2.16. The minimum atomic E-state index is -0.963. The van der Waals surface area contributed by atoms with E-state index in [1.165, 1.54) is 12.1 Å². The van der Waals surface area contributed by atoms with E-state index >= 15 is 0 Å². The second-order valence-electron chi connectivity index (χ2n) is 7.36. The average Bonchev–Trinajstić information content (AvgIpc) is 3.23. The van der Waals surface area contributed by atoms with E-state index in [4.69, 9.17) is 4.74 Å². The summed E-state index contributed by atoms with van der Waals surface area (Å²) in [6, 6.07) is 16.0. The second kappa shape index (κ2) is 9.02. The molecule has 4 rings (SSSR count). The Bertz CT molecular complexity index is 1190. The molecule has 3 nitrogen and oxygen atoms in total. The average molecular weight is 485 g/mol.